The van der Waals surface area contributed by atoms with Crippen molar-refractivity contribution in [3.63, 3.8) is 0 Å². The summed E-state index contributed by atoms with van der Waals surface area (Å²) in [7, 11) is 0. The predicted octanol–water partition coefficient (Wildman–Crippen LogP) is 6.89. The first-order valence-corrected chi connectivity index (χ1v) is 12.7. The van der Waals surface area contributed by atoms with Gasteiger partial charge in [0.15, 0.2) is 6.33 Å². The molecule has 1 aromatic heterocycles. The first kappa shape index (κ1) is 30.4. The monoisotopic (exact) mass is 579 g/mol. The van der Waals surface area contributed by atoms with E-state index in [0.717, 1.165) is 17.4 Å². The van der Waals surface area contributed by atoms with Crippen molar-refractivity contribution < 1.29 is 17.9 Å². The first-order valence-electron chi connectivity index (χ1n) is 12.3. The fraction of sp³-hybridized carbons (Fsp3) is 0.321. The smallest absolute Gasteiger partial charge is 0.417 e. The normalized spacial score (nSPS) is 12.3. The van der Waals surface area contributed by atoms with E-state index in [4.69, 9.17) is 16.3 Å². The number of hydrogen-bond donors (Lipinski definition) is 0. The zero-order valence-electron chi connectivity index (χ0n) is 21.4. The van der Waals surface area contributed by atoms with Gasteiger partial charge in [0, 0.05) is 19.6 Å². The predicted molar refractivity (Wildman–Crippen MR) is 147 cm³/mol. The van der Waals surface area contributed by atoms with Crippen molar-refractivity contribution >= 4 is 24.0 Å². The molecule has 0 amide bonds. The number of hydrogen-bond acceptors (Lipinski definition) is 5. The van der Waals surface area contributed by atoms with Gasteiger partial charge in [0.05, 0.1) is 23.7 Å². The summed E-state index contributed by atoms with van der Waals surface area (Å²) < 4.78 is 46.2. The minimum absolute atomic E-state index is 0. The van der Waals surface area contributed by atoms with Crippen molar-refractivity contribution in [1.82, 2.24) is 25.1 Å². The molecule has 0 saturated carbocycles. The number of rotatable bonds is 12. The number of tetrazole rings is 1. The average Bonchev–Trinajstić information content (AvgIpc) is 3.41. The third-order valence-electron chi connectivity index (χ3n) is 6.18. The van der Waals surface area contributed by atoms with Crippen LogP contribution in [0.5, 0.6) is 5.75 Å². The Morgan fingerprint density at radius 1 is 1.03 bits per heavy atom. The maximum atomic E-state index is 13.4. The number of aromatic nitrogens is 4. The van der Waals surface area contributed by atoms with Crippen molar-refractivity contribution in [3.05, 3.63) is 106 Å². The standard InChI is InChI=1S/C28H29ClF3N5O.ClH/c1-21(23-9-3-2-4-10-23)17-36(19-24-11-6-13-26(27(24)29)28(30,31)32)14-7-15-38-25-12-5-8-22(16-25)18-37-34-20-33-35-37;/h2-6,8-13,16,20-21H,7,14-15,17-19H2,1H3;1H/t21-;/m0./s1. The number of halogens is 5. The molecular weight excluding hydrogens is 550 g/mol. The molecule has 1 heterocycles. The van der Waals surface area contributed by atoms with Crippen molar-refractivity contribution in [2.24, 2.45) is 0 Å². The summed E-state index contributed by atoms with van der Waals surface area (Å²) in [5.74, 6) is 0.913. The van der Waals surface area contributed by atoms with Crippen LogP contribution in [0.1, 0.15) is 41.5 Å². The van der Waals surface area contributed by atoms with Gasteiger partial charge in [-0.15, -0.1) is 22.6 Å². The van der Waals surface area contributed by atoms with Crippen LogP contribution in [-0.2, 0) is 19.3 Å². The van der Waals surface area contributed by atoms with E-state index in [2.05, 4.69) is 39.4 Å². The highest BCUT2D eigenvalue weighted by Crippen LogP contribution is 2.36. The Hall–Kier alpha value is -3.14. The second kappa shape index (κ2) is 14.3. The van der Waals surface area contributed by atoms with E-state index in [1.807, 2.05) is 42.5 Å². The van der Waals surface area contributed by atoms with E-state index in [1.165, 1.54) is 22.8 Å². The summed E-state index contributed by atoms with van der Waals surface area (Å²) in [6, 6.07) is 21.8. The van der Waals surface area contributed by atoms with Gasteiger partial charge in [-0.25, -0.2) is 0 Å². The van der Waals surface area contributed by atoms with Crippen LogP contribution in [0.2, 0.25) is 5.02 Å². The van der Waals surface area contributed by atoms with Gasteiger partial charge in [0.1, 0.15) is 5.75 Å². The maximum Gasteiger partial charge on any atom is 0.417 e. The lowest BCUT2D eigenvalue weighted by Crippen LogP contribution is -2.30. The van der Waals surface area contributed by atoms with E-state index in [1.54, 1.807) is 6.07 Å². The van der Waals surface area contributed by atoms with Gasteiger partial charge in [0.25, 0.3) is 0 Å². The molecule has 0 aliphatic heterocycles. The molecule has 0 aliphatic carbocycles. The molecule has 4 rings (SSSR count). The summed E-state index contributed by atoms with van der Waals surface area (Å²) in [5, 5.41) is 11.4. The molecule has 0 saturated heterocycles. The summed E-state index contributed by atoms with van der Waals surface area (Å²) >= 11 is 6.21. The van der Waals surface area contributed by atoms with Crippen LogP contribution in [0.15, 0.2) is 79.1 Å². The Morgan fingerprint density at radius 2 is 1.79 bits per heavy atom. The molecular formula is C28H30Cl2F3N5O. The fourth-order valence-corrected chi connectivity index (χ4v) is 4.60. The van der Waals surface area contributed by atoms with Gasteiger partial charge >= 0.3 is 6.18 Å². The van der Waals surface area contributed by atoms with Crippen LogP contribution in [0.25, 0.3) is 0 Å². The van der Waals surface area contributed by atoms with Crippen LogP contribution in [0.3, 0.4) is 0 Å². The van der Waals surface area contributed by atoms with Crippen molar-refractivity contribution in [3.8, 4) is 5.75 Å². The second-order valence-electron chi connectivity index (χ2n) is 9.14. The fourth-order valence-electron chi connectivity index (χ4n) is 4.31. The van der Waals surface area contributed by atoms with Crippen molar-refractivity contribution in [2.45, 2.75) is 38.5 Å². The zero-order valence-corrected chi connectivity index (χ0v) is 23.0. The highest BCUT2D eigenvalue weighted by atomic mass is 35.5. The lowest BCUT2D eigenvalue weighted by molar-refractivity contribution is -0.137. The Kier molecular flexibility index (Phi) is 11.2. The molecule has 0 fully saturated rings. The van der Waals surface area contributed by atoms with E-state index < -0.39 is 11.7 Å². The van der Waals surface area contributed by atoms with E-state index in [-0.39, 0.29) is 23.3 Å². The number of alkyl halides is 3. The molecule has 0 aliphatic rings. The Morgan fingerprint density at radius 3 is 2.51 bits per heavy atom. The molecule has 4 aromatic rings. The van der Waals surface area contributed by atoms with Crippen molar-refractivity contribution in [1.29, 1.82) is 0 Å². The molecule has 0 N–H and O–H groups in total. The summed E-state index contributed by atoms with van der Waals surface area (Å²) in [4.78, 5) is 3.62. The van der Waals surface area contributed by atoms with E-state index in [9.17, 15) is 13.2 Å². The van der Waals surface area contributed by atoms with Crippen LogP contribution < -0.4 is 4.74 Å². The molecule has 11 heteroatoms. The summed E-state index contributed by atoms with van der Waals surface area (Å²) in [6.45, 7) is 4.66. The van der Waals surface area contributed by atoms with Gasteiger partial charge < -0.3 is 4.74 Å². The van der Waals surface area contributed by atoms with Crippen LogP contribution >= 0.6 is 24.0 Å². The SMILES string of the molecule is C[C@@H](CN(CCCOc1cccc(Cn2ncnn2)c1)Cc1cccc(C(F)(F)F)c1Cl)c1ccccc1.Cl. The van der Waals surface area contributed by atoms with Crippen LogP contribution in [-0.4, -0.2) is 44.8 Å². The zero-order chi connectivity index (χ0) is 27.0. The maximum absolute atomic E-state index is 13.4. The van der Waals surface area contributed by atoms with Crippen LogP contribution in [0, 0.1) is 0 Å². The molecule has 39 heavy (non-hydrogen) atoms. The average molecular weight is 580 g/mol. The topological polar surface area (TPSA) is 56.1 Å². The molecule has 0 bridgehead atoms. The highest BCUT2D eigenvalue weighted by Gasteiger charge is 2.34. The third-order valence-corrected chi connectivity index (χ3v) is 6.63. The molecule has 3 aromatic carbocycles. The molecule has 208 valence electrons. The lowest BCUT2D eigenvalue weighted by atomic mass is 10.00. The number of benzene rings is 3. The first-order chi connectivity index (χ1) is 18.3. The lowest BCUT2D eigenvalue weighted by Gasteiger charge is -2.27. The van der Waals surface area contributed by atoms with Gasteiger partial charge in [-0.05, 0) is 52.4 Å². The molecule has 6 nitrogen and oxygen atoms in total. The minimum Gasteiger partial charge on any atom is -0.494 e. The highest BCUT2D eigenvalue weighted by molar-refractivity contribution is 6.32. The van der Waals surface area contributed by atoms with E-state index >= 15 is 0 Å². The Bertz CT molecular complexity index is 1290. The third kappa shape index (κ3) is 8.95. The van der Waals surface area contributed by atoms with Gasteiger partial charge in [-0.2, -0.15) is 18.0 Å². The van der Waals surface area contributed by atoms with Gasteiger partial charge in [-0.1, -0.05) is 73.1 Å². The molecule has 0 radical (unpaired) electrons. The summed E-state index contributed by atoms with van der Waals surface area (Å²) in [6.07, 6.45) is -2.42. The number of nitrogens with zero attached hydrogens (tertiary/aromatic N) is 5. The second-order valence-corrected chi connectivity index (χ2v) is 9.52. The molecule has 0 unspecified atom stereocenters. The number of ether oxygens (including phenoxy) is 1. The Labute approximate surface area is 237 Å². The minimum atomic E-state index is -4.50. The Balaban J connectivity index is 0.00000420. The van der Waals surface area contributed by atoms with Gasteiger partial charge in [0.2, 0.25) is 0 Å². The molecule has 0 spiro atoms. The molecule has 1 atom stereocenters. The van der Waals surface area contributed by atoms with Gasteiger partial charge in [-0.3, -0.25) is 4.90 Å². The largest absolute Gasteiger partial charge is 0.494 e. The summed E-state index contributed by atoms with van der Waals surface area (Å²) in [5.41, 5.74) is 1.80. The van der Waals surface area contributed by atoms with Crippen molar-refractivity contribution in [2.75, 3.05) is 19.7 Å². The quantitative estimate of drug-likeness (QED) is 0.171. The van der Waals surface area contributed by atoms with E-state index in [0.29, 0.717) is 44.8 Å². The van der Waals surface area contributed by atoms with Crippen LogP contribution in [0.4, 0.5) is 13.2 Å².